The molecule has 4 heteroatoms. The minimum atomic E-state index is -0.548. The Morgan fingerprint density at radius 1 is 1.17 bits per heavy atom. The maximum atomic E-state index is 12.6. The predicted molar refractivity (Wildman–Crippen MR) is 90.4 cm³/mol. The van der Waals surface area contributed by atoms with E-state index in [2.05, 4.69) is 19.1 Å². The van der Waals surface area contributed by atoms with Crippen molar-refractivity contribution in [1.29, 1.82) is 0 Å². The zero-order chi connectivity index (χ0) is 17.5. The van der Waals surface area contributed by atoms with E-state index in [1.54, 1.807) is 0 Å². The minimum Gasteiger partial charge on any atom is -0.469 e. The lowest BCUT2D eigenvalue weighted by Crippen LogP contribution is -2.53. The fourth-order valence-electron chi connectivity index (χ4n) is 5.15. The van der Waals surface area contributed by atoms with Crippen LogP contribution in [0.5, 0.6) is 0 Å². The van der Waals surface area contributed by atoms with Gasteiger partial charge in [-0.05, 0) is 48.6 Å². The van der Waals surface area contributed by atoms with Crippen LogP contribution in [0.4, 0.5) is 0 Å². The van der Waals surface area contributed by atoms with Crippen molar-refractivity contribution in [2.24, 2.45) is 11.3 Å². The number of methoxy groups -OCH3 is 1. The summed E-state index contributed by atoms with van der Waals surface area (Å²) >= 11 is 0. The summed E-state index contributed by atoms with van der Waals surface area (Å²) in [6.45, 7) is 5.71. The molecule has 0 radical (unpaired) electrons. The molecule has 2 aliphatic carbocycles. The van der Waals surface area contributed by atoms with Crippen molar-refractivity contribution in [3.05, 3.63) is 35.4 Å². The monoisotopic (exact) mass is 330 g/mol. The van der Waals surface area contributed by atoms with Gasteiger partial charge in [0.05, 0.1) is 12.5 Å². The molecule has 1 saturated carbocycles. The summed E-state index contributed by atoms with van der Waals surface area (Å²) < 4.78 is 10.8. The van der Waals surface area contributed by atoms with E-state index in [1.807, 2.05) is 19.1 Å². The fourth-order valence-corrected chi connectivity index (χ4v) is 5.15. The Labute approximate surface area is 143 Å². The molecule has 24 heavy (non-hydrogen) atoms. The van der Waals surface area contributed by atoms with Crippen LogP contribution in [0.3, 0.4) is 0 Å². The summed E-state index contributed by atoms with van der Waals surface area (Å²) in [4.78, 5) is 24.2. The summed E-state index contributed by atoms with van der Waals surface area (Å²) in [6.07, 6.45) is 3.21. The van der Waals surface area contributed by atoms with Gasteiger partial charge >= 0.3 is 11.9 Å². The van der Waals surface area contributed by atoms with E-state index < -0.39 is 5.41 Å². The average Bonchev–Trinajstić information content (AvgIpc) is 2.55. The lowest BCUT2D eigenvalue weighted by Gasteiger charge is -2.55. The molecule has 0 aromatic heterocycles. The van der Waals surface area contributed by atoms with Crippen LogP contribution in [0, 0.1) is 11.3 Å². The van der Waals surface area contributed by atoms with Gasteiger partial charge in [0.15, 0.2) is 0 Å². The van der Waals surface area contributed by atoms with Crippen LogP contribution in [0.15, 0.2) is 24.3 Å². The number of carbonyl (C=O) groups is 2. The molecule has 2 aliphatic rings. The van der Waals surface area contributed by atoms with Crippen LogP contribution in [0.2, 0.25) is 0 Å². The molecule has 4 unspecified atom stereocenters. The van der Waals surface area contributed by atoms with Crippen molar-refractivity contribution in [3.8, 4) is 0 Å². The van der Waals surface area contributed by atoms with Gasteiger partial charge in [-0.1, -0.05) is 37.6 Å². The minimum absolute atomic E-state index is 0.0884. The molecule has 0 heterocycles. The van der Waals surface area contributed by atoms with Crippen molar-refractivity contribution < 1.29 is 19.1 Å². The number of benzene rings is 1. The molecule has 4 atom stereocenters. The van der Waals surface area contributed by atoms with Gasteiger partial charge in [-0.3, -0.25) is 9.59 Å². The molecule has 0 amide bonds. The first kappa shape index (κ1) is 17.0. The van der Waals surface area contributed by atoms with E-state index in [1.165, 1.54) is 19.6 Å². The van der Waals surface area contributed by atoms with Crippen LogP contribution >= 0.6 is 0 Å². The van der Waals surface area contributed by atoms with E-state index >= 15 is 0 Å². The van der Waals surface area contributed by atoms with Crippen LogP contribution < -0.4 is 0 Å². The first-order valence-corrected chi connectivity index (χ1v) is 8.68. The Hall–Kier alpha value is -1.84. The highest BCUT2D eigenvalue weighted by Gasteiger charge is 2.57. The number of carbonyl (C=O) groups excluding carboxylic acids is 2. The highest BCUT2D eigenvalue weighted by atomic mass is 16.5. The van der Waals surface area contributed by atoms with Crippen molar-refractivity contribution in [3.63, 3.8) is 0 Å². The van der Waals surface area contributed by atoms with Gasteiger partial charge in [0, 0.05) is 6.92 Å². The second-order valence-electron chi connectivity index (χ2n) is 7.65. The number of rotatable bonds is 2. The molecular formula is C20H26O4. The third-order valence-corrected chi connectivity index (χ3v) is 6.26. The molecule has 3 rings (SSSR count). The van der Waals surface area contributed by atoms with Crippen molar-refractivity contribution >= 4 is 11.9 Å². The zero-order valence-corrected chi connectivity index (χ0v) is 14.9. The lowest BCUT2D eigenvalue weighted by atomic mass is 9.49. The summed E-state index contributed by atoms with van der Waals surface area (Å²) in [5, 5.41) is 0. The van der Waals surface area contributed by atoms with E-state index in [9.17, 15) is 9.59 Å². The normalized spacial score (nSPS) is 34.7. The van der Waals surface area contributed by atoms with E-state index in [-0.39, 0.29) is 29.4 Å². The maximum absolute atomic E-state index is 12.6. The Bertz CT molecular complexity index is 667. The van der Waals surface area contributed by atoms with Crippen molar-refractivity contribution in [2.75, 3.05) is 7.11 Å². The number of fused-ring (bicyclic) bond motifs is 3. The molecule has 0 bridgehead atoms. The van der Waals surface area contributed by atoms with Gasteiger partial charge in [0.1, 0.15) is 6.10 Å². The SMILES string of the molecule is COC(=O)C1(C)CCCC2(C)c3ccccc3C(OC(C)=O)CC12. The van der Waals surface area contributed by atoms with Gasteiger partial charge in [-0.2, -0.15) is 0 Å². The number of ether oxygens (including phenoxy) is 2. The number of hydrogen-bond acceptors (Lipinski definition) is 4. The Balaban J connectivity index is 2.12. The highest BCUT2D eigenvalue weighted by Crippen LogP contribution is 2.60. The summed E-state index contributed by atoms with van der Waals surface area (Å²) in [7, 11) is 1.46. The second kappa shape index (κ2) is 5.91. The fraction of sp³-hybridized carbons (Fsp3) is 0.600. The molecule has 0 spiro atoms. The molecule has 0 saturated heterocycles. The standard InChI is InChI=1S/C20H26O4/c1-13(21)24-16-12-17-19(2,15-9-6-5-8-14(15)16)10-7-11-20(17,3)18(22)23-4/h5-6,8-9,16-17H,7,10-12H2,1-4H3. The molecule has 1 aromatic carbocycles. The van der Waals surface area contributed by atoms with Crippen molar-refractivity contribution in [2.45, 2.75) is 58.0 Å². The highest BCUT2D eigenvalue weighted by molar-refractivity contribution is 5.77. The van der Waals surface area contributed by atoms with E-state index in [0.717, 1.165) is 24.8 Å². The molecule has 130 valence electrons. The van der Waals surface area contributed by atoms with Gasteiger partial charge in [-0.25, -0.2) is 0 Å². The van der Waals surface area contributed by atoms with Crippen LogP contribution in [-0.4, -0.2) is 19.0 Å². The van der Waals surface area contributed by atoms with Gasteiger partial charge < -0.3 is 9.47 Å². The Morgan fingerprint density at radius 2 is 1.88 bits per heavy atom. The molecule has 1 fully saturated rings. The topological polar surface area (TPSA) is 52.6 Å². The predicted octanol–water partition coefficient (Wildman–Crippen LogP) is 3.93. The van der Waals surface area contributed by atoms with Crippen LogP contribution in [-0.2, 0) is 24.5 Å². The largest absolute Gasteiger partial charge is 0.469 e. The lowest BCUT2D eigenvalue weighted by molar-refractivity contribution is -0.165. The summed E-state index contributed by atoms with van der Waals surface area (Å²) in [5.41, 5.74) is 1.64. The van der Waals surface area contributed by atoms with E-state index in [4.69, 9.17) is 9.47 Å². The van der Waals surface area contributed by atoms with Crippen molar-refractivity contribution in [1.82, 2.24) is 0 Å². The Kier molecular flexibility index (Phi) is 4.18. The molecular weight excluding hydrogens is 304 g/mol. The van der Waals surface area contributed by atoms with Crippen LogP contribution in [0.1, 0.15) is 63.7 Å². The smallest absolute Gasteiger partial charge is 0.311 e. The van der Waals surface area contributed by atoms with E-state index in [0.29, 0.717) is 6.42 Å². The summed E-state index contributed by atoms with van der Waals surface area (Å²) in [5.74, 6) is -0.348. The molecule has 0 N–H and O–H groups in total. The van der Waals surface area contributed by atoms with Gasteiger partial charge in [-0.15, -0.1) is 0 Å². The number of esters is 2. The first-order valence-electron chi connectivity index (χ1n) is 8.68. The first-order chi connectivity index (χ1) is 11.3. The molecule has 0 aliphatic heterocycles. The Morgan fingerprint density at radius 3 is 2.54 bits per heavy atom. The summed E-state index contributed by atoms with van der Waals surface area (Å²) in [6, 6.07) is 8.19. The quantitative estimate of drug-likeness (QED) is 0.771. The van der Waals surface area contributed by atoms with Gasteiger partial charge in [0.2, 0.25) is 0 Å². The average molecular weight is 330 g/mol. The van der Waals surface area contributed by atoms with Crippen LogP contribution in [0.25, 0.3) is 0 Å². The van der Waals surface area contributed by atoms with Gasteiger partial charge in [0.25, 0.3) is 0 Å². The second-order valence-corrected chi connectivity index (χ2v) is 7.65. The molecule has 1 aromatic rings. The maximum Gasteiger partial charge on any atom is 0.311 e. The third-order valence-electron chi connectivity index (χ3n) is 6.26. The number of hydrogen-bond donors (Lipinski definition) is 0. The third kappa shape index (κ3) is 2.43. The zero-order valence-electron chi connectivity index (χ0n) is 14.9. The molecule has 4 nitrogen and oxygen atoms in total.